The summed E-state index contributed by atoms with van der Waals surface area (Å²) in [5, 5.41) is 11.7. The molecule has 2 N–H and O–H groups in total. The first kappa shape index (κ1) is 20.7. The van der Waals surface area contributed by atoms with E-state index in [9.17, 15) is 22.7 Å². The fourth-order valence-corrected chi connectivity index (χ4v) is 4.63. The number of rotatable bonds is 4. The van der Waals surface area contributed by atoms with Gasteiger partial charge < -0.3 is 15.0 Å². The predicted molar refractivity (Wildman–Crippen MR) is 109 cm³/mol. The summed E-state index contributed by atoms with van der Waals surface area (Å²) in [7, 11) is 1.83. The van der Waals surface area contributed by atoms with Crippen LogP contribution in [0.1, 0.15) is 31.0 Å². The Hall–Kier alpha value is -2.54. The fourth-order valence-electron chi connectivity index (χ4n) is 4.63. The second-order valence-electron chi connectivity index (χ2n) is 8.66. The van der Waals surface area contributed by atoms with Crippen molar-refractivity contribution in [3.05, 3.63) is 65.6 Å². The average molecular weight is 420 g/mol. The number of H-pyrrole nitrogens is 1. The van der Waals surface area contributed by atoms with Gasteiger partial charge in [0.05, 0.1) is 0 Å². The maximum atomic E-state index is 14.2. The van der Waals surface area contributed by atoms with Crippen molar-refractivity contribution in [2.24, 2.45) is 0 Å². The number of para-hydroxylation sites is 1. The highest BCUT2D eigenvalue weighted by atomic mass is 19.4. The summed E-state index contributed by atoms with van der Waals surface area (Å²) in [5.74, 6) is -0.499. The summed E-state index contributed by atoms with van der Waals surface area (Å²) in [6.45, 7) is 2.20. The zero-order valence-corrected chi connectivity index (χ0v) is 16.9. The van der Waals surface area contributed by atoms with Crippen LogP contribution in [0.25, 0.3) is 10.9 Å². The van der Waals surface area contributed by atoms with Crippen molar-refractivity contribution in [1.82, 2.24) is 4.98 Å². The number of fused-ring (bicyclic) bond motifs is 2. The van der Waals surface area contributed by atoms with Gasteiger partial charge in [0.25, 0.3) is 0 Å². The molecule has 0 saturated carbocycles. The van der Waals surface area contributed by atoms with Crippen molar-refractivity contribution < 1.29 is 22.7 Å². The minimum Gasteiger partial charge on any atom is -0.380 e. The first-order valence-corrected chi connectivity index (χ1v) is 9.88. The van der Waals surface area contributed by atoms with Crippen LogP contribution in [-0.4, -0.2) is 35.5 Å². The van der Waals surface area contributed by atoms with Gasteiger partial charge in [0, 0.05) is 36.9 Å². The third-order valence-electron chi connectivity index (χ3n) is 6.30. The molecule has 30 heavy (non-hydrogen) atoms. The molecule has 0 spiro atoms. The number of hydrogen-bond donors (Lipinski definition) is 2. The molecular weight excluding hydrogens is 396 g/mol. The van der Waals surface area contributed by atoms with Crippen LogP contribution in [0.2, 0.25) is 0 Å². The van der Waals surface area contributed by atoms with Crippen LogP contribution in [0, 0.1) is 5.82 Å². The van der Waals surface area contributed by atoms with E-state index in [1.54, 1.807) is 43.3 Å². The van der Waals surface area contributed by atoms with Gasteiger partial charge in [-0.3, -0.25) is 0 Å². The van der Waals surface area contributed by atoms with Crippen molar-refractivity contribution in [2.75, 3.05) is 18.5 Å². The van der Waals surface area contributed by atoms with Gasteiger partial charge in [0.15, 0.2) is 5.60 Å². The van der Waals surface area contributed by atoms with Crippen LogP contribution in [0.15, 0.2) is 48.5 Å². The smallest absolute Gasteiger partial charge is 0.380 e. The molecule has 0 radical (unpaired) electrons. The van der Waals surface area contributed by atoms with E-state index in [4.69, 9.17) is 0 Å². The number of benzene rings is 2. The predicted octanol–water partition coefficient (Wildman–Crippen LogP) is 5.33. The highest BCUT2D eigenvalue weighted by Crippen LogP contribution is 2.48. The Bertz CT molecular complexity index is 1040. The molecular formula is C23H24F4N2O. The first-order chi connectivity index (χ1) is 14.0. The highest BCUT2D eigenvalue weighted by molar-refractivity contribution is 5.80. The van der Waals surface area contributed by atoms with Crippen molar-refractivity contribution in [2.45, 2.75) is 43.4 Å². The van der Waals surface area contributed by atoms with Crippen molar-refractivity contribution >= 4 is 16.6 Å². The van der Waals surface area contributed by atoms with E-state index < -0.39 is 35.9 Å². The van der Waals surface area contributed by atoms with Crippen LogP contribution in [-0.2, 0) is 11.8 Å². The van der Waals surface area contributed by atoms with E-state index >= 15 is 0 Å². The van der Waals surface area contributed by atoms with E-state index in [2.05, 4.69) is 4.98 Å². The van der Waals surface area contributed by atoms with Crippen molar-refractivity contribution in [1.29, 1.82) is 0 Å². The van der Waals surface area contributed by atoms with Crippen LogP contribution in [0.3, 0.4) is 0 Å². The molecule has 0 aliphatic carbocycles. The summed E-state index contributed by atoms with van der Waals surface area (Å²) < 4.78 is 56.5. The van der Waals surface area contributed by atoms with Crippen LogP contribution >= 0.6 is 0 Å². The Morgan fingerprint density at radius 3 is 2.57 bits per heavy atom. The lowest BCUT2D eigenvalue weighted by molar-refractivity contribution is -0.267. The Kier molecular flexibility index (Phi) is 4.84. The zero-order chi connectivity index (χ0) is 21.7. The van der Waals surface area contributed by atoms with Gasteiger partial charge in [-0.1, -0.05) is 25.1 Å². The molecule has 2 unspecified atom stereocenters. The second-order valence-corrected chi connectivity index (χ2v) is 8.66. The maximum absolute atomic E-state index is 14.2. The third-order valence-corrected chi connectivity index (χ3v) is 6.30. The number of aromatic amines is 1. The number of nitrogens with zero attached hydrogens (tertiary/aromatic N) is 1. The van der Waals surface area contributed by atoms with Crippen molar-refractivity contribution in [3.8, 4) is 0 Å². The van der Waals surface area contributed by atoms with E-state index in [-0.39, 0.29) is 0 Å². The number of aromatic nitrogens is 1. The minimum absolute atomic E-state index is 0.312. The lowest BCUT2D eigenvalue weighted by atomic mass is 9.68. The molecule has 3 nitrogen and oxygen atoms in total. The minimum atomic E-state index is -4.84. The van der Waals surface area contributed by atoms with Gasteiger partial charge in [-0.2, -0.15) is 13.2 Å². The summed E-state index contributed by atoms with van der Waals surface area (Å²) in [6.07, 6.45) is -5.61. The molecule has 2 heterocycles. The molecule has 1 aliphatic rings. The Morgan fingerprint density at radius 2 is 1.87 bits per heavy atom. The SMILES string of the molecule is CN1CCC(C)(CC(O)(Cc2cc3ccccc3[nH]2)C(F)(F)F)c2cc(F)ccc21. The molecule has 1 aliphatic heterocycles. The fraction of sp³-hybridized carbons (Fsp3) is 0.391. The standard InChI is InChI=1S/C23H24F4N2O/c1-21(9-10-29(2)20-8-7-16(24)12-18(20)21)14-22(30,23(25,26)27)13-17-11-15-5-3-4-6-19(15)28-17/h3-8,11-12,28,30H,9-10,13-14H2,1-2H3. The summed E-state index contributed by atoms with van der Waals surface area (Å²) in [4.78, 5) is 4.88. The number of alkyl halides is 3. The van der Waals surface area contributed by atoms with Gasteiger partial charge in [0.1, 0.15) is 5.82 Å². The van der Waals surface area contributed by atoms with Gasteiger partial charge in [-0.15, -0.1) is 0 Å². The lowest BCUT2D eigenvalue weighted by Gasteiger charge is -2.45. The number of hydrogen-bond acceptors (Lipinski definition) is 2. The molecule has 2 atom stereocenters. The second kappa shape index (κ2) is 7.01. The number of halogens is 4. The summed E-state index contributed by atoms with van der Waals surface area (Å²) >= 11 is 0. The Labute approximate surface area is 172 Å². The van der Waals surface area contributed by atoms with Gasteiger partial charge in [0.2, 0.25) is 0 Å². The van der Waals surface area contributed by atoms with E-state index in [0.717, 1.165) is 10.9 Å². The third kappa shape index (κ3) is 3.55. The number of nitrogens with one attached hydrogen (secondary N) is 1. The molecule has 7 heteroatoms. The quantitative estimate of drug-likeness (QED) is 0.560. The van der Waals surface area contributed by atoms with E-state index in [0.29, 0.717) is 29.9 Å². The molecule has 4 rings (SSSR count). The molecule has 3 aromatic rings. The molecule has 0 fully saturated rings. The first-order valence-electron chi connectivity index (χ1n) is 9.88. The Morgan fingerprint density at radius 1 is 1.13 bits per heavy atom. The lowest BCUT2D eigenvalue weighted by Crippen LogP contribution is -2.53. The van der Waals surface area contributed by atoms with Crippen molar-refractivity contribution in [3.63, 3.8) is 0 Å². The monoisotopic (exact) mass is 420 g/mol. The summed E-state index contributed by atoms with van der Waals surface area (Å²) in [5.41, 5.74) is -1.76. The van der Waals surface area contributed by atoms with Gasteiger partial charge >= 0.3 is 6.18 Å². The van der Waals surface area contributed by atoms with E-state index in [1.165, 1.54) is 12.1 Å². The molecule has 0 amide bonds. The maximum Gasteiger partial charge on any atom is 0.417 e. The normalized spacial score (nSPS) is 21.5. The van der Waals surface area contributed by atoms with E-state index in [1.807, 2.05) is 11.9 Å². The van der Waals surface area contributed by atoms with Gasteiger partial charge in [-0.05, 0) is 59.5 Å². The average Bonchev–Trinajstić information content (AvgIpc) is 3.06. The van der Waals surface area contributed by atoms with Gasteiger partial charge in [-0.25, -0.2) is 4.39 Å². The number of aliphatic hydroxyl groups is 1. The molecule has 2 aromatic carbocycles. The topological polar surface area (TPSA) is 39.3 Å². The zero-order valence-electron chi connectivity index (χ0n) is 16.9. The highest BCUT2D eigenvalue weighted by Gasteiger charge is 2.57. The molecule has 1 aromatic heterocycles. The van der Waals surface area contributed by atoms with Crippen LogP contribution in [0.4, 0.5) is 23.2 Å². The molecule has 160 valence electrons. The largest absolute Gasteiger partial charge is 0.417 e. The molecule has 0 bridgehead atoms. The van der Waals surface area contributed by atoms with Crippen LogP contribution in [0.5, 0.6) is 0 Å². The number of anilines is 1. The molecule has 0 saturated heterocycles. The summed E-state index contributed by atoms with van der Waals surface area (Å²) in [6, 6.07) is 13.0. The Balaban J connectivity index is 1.73. The van der Waals surface area contributed by atoms with Crippen LogP contribution < -0.4 is 4.90 Å².